The minimum Gasteiger partial charge on any atom is -0.398 e. The number of aromatic nitrogens is 2. The lowest BCUT2D eigenvalue weighted by Crippen LogP contribution is -2.07. The molecule has 0 aliphatic heterocycles. The fourth-order valence-corrected chi connectivity index (χ4v) is 1.96. The molecule has 0 unspecified atom stereocenters. The highest BCUT2D eigenvalue weighted by Gasteiger charge is 2.11. The monoisotopic (exact) mass is 260 g/mol. The summed E-state index contributed by atoms with van der Waals surface area (Å²) in [4.78, 5) is 14.6. The number of imidazole rings is 1. The first kappa shape index (κ1) is 13.1. The van der Waals surface area contributed by atoms with Gasteiger partial charge < -0.3 is 10.3 Å². The van der Waals surface area contributed by atoms with Crippen molar-refractivity contribution in [3.8, 4) is 0 Å². The van der Waals surface area contributed by atoms with E-state index in [0.717, 1.165) is 24.2 Å². The lowest BCUT2D eigenvalue weighted by atomic mass is 10.1. The van der Waals surface area contributed by atoms with Crippen molar-refractivity contribution in [2.24, 2.45) is 0 Å². The molecule has 6 nitrogen and oxygen atoms in total. The van der Waals surface area contributed by atoms with Gasteiger partial charge in [-0.25, -0.2) is 4.98 Å². The first-order valence-electron chi connectivity index (χ1n) is 6.14. The van der Waals surface area contributed by atoms with Crippen molar-refractivity contribution >= 4 is 11.4 Å². The van der Waals surface area contributed by atoms with Crippen molar-refractivity contribution in [2.75, 3.05) is 5.73 Å². The van der Waals surface area contributed by atoms with Gasteiger partial charge in [-0.3, -0.25) is 10.1 Å². The van der Waals surface area contributed by atoms with Gasteiger partial charge in [0.15, 0.2) is 0 Å². The third-order valence-corrected chi connectivity index (χ3v) is 2.95. The van der Waals surface area contributed by atoms with Crippen LogP contribution in [-0.4, -0.2) is 14.5 Å². The molecule has 0 saturated heterocycles. The van der Waals surface area contributed by atoms with Gasteiger partial charge in [0.25, 0.3) is 5.69 Å². The molecule has 1 aromatic carbocycles. The maximum Gasteiger partial charge on any atom is 0.269 e. The Labute approximate surface area is 111 Å². The number of anilines is 1. The number of nitrogens with two attached hydrogens (primary N) is 1. The van der Waals surface area contributed by atoms with E-state index in [0.29, 0.717) is 12.2 Å². The zero-order valence-corrected chi connectivity index (χ0v) is 10.7. The van der Waals surface area contributed by atoms with E-state index < -0.39 is 4.92 Å². The lowest BCUT2D eigenvalue weighted by Gasteiger charge is -2.09. The van der Waals surface area contributed by atoms with Crippen molar-refractivity contribution in [3.63, 3.8) is 0 Å². The van der Waals surface area contributed by atoms with Gasteiger partial charge in [-0.1, -0.05) is 6.92 Å². The molecule has 1 aromatic heterocycles. The van der Waals surface area contributed by atoms with Gasteiger partial charge in [-0.05, 0) is 12.5 Å². The summed E-state index contributed by atoms with van der Waals surface area (Å²) >= 11 is 0. The summed E-state index contributed by atoms with van der Waals surface area (Å²) in [6.07, 6.45) is 5.48. The fourth-order valence-electron chi connectivity index (χ4n) is 1.96. The molecule has 0 fully saturated rings. The summed E-state index contributed by atoms with van der Waals surface area (Å²) in [6.45, 7) is 2.59. The first-order chi connectivity index (χ1) is 9.11. The van der Waals surface area contributed by atoms with Crippen molar-refractivity contribution < 1.29 is 4.92 Å². The largest absolute Gasteiger partial charge is 0.398 e. The van der Waals surface area contributed by atoms with Gasteiger partial charge in [0.2, 0.25) is 0 Å². The number of non-ortho nitro benzene ring substituents is 1. The van der Waals surface area contributed by atoms with E-state index in [-0.39, 0.29) is 5.69 Å². The molecule has 0 aliphatic carbocycles. The molecular formula is C13H16N4O2. The molecule has 0 atom stereocenters. The number of nitro groups is 1. The molecule has 100 valence electrons. The van der Waals surface area contributed by atoms with Crippen molar-refractivity contribution in [1.82, 2.24) is 9.55 Å². The Morgan fingerprint density at radius 2 is 2.26 bits per heavy atom. The Bertz CT molecular complexity index is 592. The number of nitrogen functional groups attached to an aromatic ring is 1. The minimum atomic E-state index is -0.413. The molecule has 0 aliphatic rings. The summed E-state index contributed by atoms with van der Waals surface area (Å²) in [5.74, 6) is 0.966. The maximum atomic E-state index is 10.8. The molecule has 0 amide bonds. The van der Waals surface area contributed by atoms with Gasteiger partial charge in [-0.2, -0.15) is 0 Å². The van der Waals surface area contributed by atoms with E-state index in [2.05, 4.69) is 11.9 Å². The van der Waals surface area contributed by atoms with Crippen molar-refractivity contribution in [3.05, 3.63) is 52.1 Å². The molecule has 2 N–H and O–H groups in total. The SMILES string of the molecule is CCCc1nccn1Cc1cc([N+](=O)[O-])ccc1N. The second-order valence-electron chi connectivity index (χ2n) is 4.36. The molecule has 2 aromatic rings. The van der Waals surface area contributed by atoms with E-state index in [1.165, 1.54) is 12.1 Å². The maximum absolute atomic E-state index is 10.8. The molecule has 0 spiro atoms. The Hall–Kier alpha value is -2.37. The molecule has 0 saturated carbocycles. The second kappa shape index (κ2) is 5.51. The van der Waals surface area contributed by atoms with Gasteiger partial charge in [0, 0.05) is 42.2 Å². The van der Waals surface area contributed by atoms with Gasteiger partial charge in [0.05, 0.1) is 11.5 Å². The van der Waals surface area contributed by atoms with Crippen LogP contribution in [0.3, 0.4) is 0 Å². The molecule has 2 rings (SSSR count). The van der Waals surface area contributed by atoms with Crippen LogP contribution < -0.4 is 5.73 Å². The summed E-state index contributed by atoms with van der Waals surface area (Å²) < 4.78 is 1.97. The predicted molar refractivity (Wildman–Crippen MR) is 72.8 cm³/mol. The van der Waals surface area contributed by atoms with E-state index in [4.69, 9.17) is 5.73 Å². The number of benzene rings is 1. The average molecular weight is 260 g/mol. The van der Waals surface area contributed by atoms with Crippen LogP contribution in [0, 0.1) is 10.1 Å². The highest BCUT2D eigenvalue weighted by atomic mass is 16.6. The van der Waals surface area contributed by atoms with E-state index in [1.807, 2.05) is 10.8 Å². The van der Waals surface area contributed by atoms with E-state index >= 15 is 0 Å². The third-order valence-electron chi connectivity index (χ3n) is 2.95. The summed E-state index contributed by atoms with van der Waals surface area (Å²) in [5, 5.41) is 10.8. The number of hydrogen-bond acceptors (Lipinski definition) is 4. The van der Waals surface area contributed by atoms with Crippen LogP contribution in [0.2, 0.25) is 0 Å². The molecule has 1 heterocycles. The van der Waals surface area contributed by atoms with Crippen LogP contribution in [0.5, 0.6) is 0 Å². The normalized spacial score (nSPS) is 10.6. The Kier molecular flexibility index (Phi) is 3.79. The van der Waals surface area contributed by atoms with E-state index in [1.54, 1.807) is 12.3 Å². The molecule has 6 heteroatoms. The van der Waals surface area contributed by atoms with Crippen molar-refractivity contribution in [2.45, 2.75) is 26.3 Å². The average Bonchev–Trinajstić information content (AvgIpc) is 2.80. The molecule has 19 heavy (non-hydrogen) atoms. The van der Waals surface area contributed by atoms with Crippen molar-refractivity contribution in [1.29, 1.82) is 0 Å². The molecular weight excluding hydrogens is 244 g/mol. The number of nitro benzene ring substituents is 1. The third kappa shape index (κ3) is 2.90. The van der Waals surface area contributed by atoms with Crippen LogP contribution in [0.1, 0.15) is 24.7 Å². The minimum absolute atomic E-state index is 0.0568. The van der Waals surface area contributed by atoms with Crippen LogP contribution in [0.25, 0.3) is 0 Å². The Morgan fingerprint density at radius 1 is 1.47 bits per heavy atom. The molecule has 0 bridgehead atoms. The van der Waals surface area contributed by atoms with Gasteiger partial charge >= 0.3 is 0 Å². The summed E-state index contributed by atoms with van der Waals surface area (Å²) in [5.41, 5.74) is 7.23. The highest BCUT2D eigenvalue weighted by molar-refractivity contribution is 5.52. The van der Waals surface area contributed by atoms with Crippen LogP contribution in [-0.2, 0) is 13.0 Å². The molecule has 0 radical (unpaired) electrons. The fraction of sp³-hybridized carbons (Fsp3) is 0.308. The quantitative estimate of drug-likeness (QED) is 0.508. The lowest BCUT2D eigenvalue weighted by molar-refractivity contribution is -0.384. The van der Waals surface area contributed by atoms with Crippen LogP contribution in [0.15, 0.2) is 30.6 Å². The number of aryl methyl sites for hydroxylation is 1. The van der Waals surface area contributed by atoms with Gasteiger partial charge in [-0.15, -0.1) is 0 Å². The highest BCUT2D eigenvalue weighted by Crippen LogP contribution is 2.21. The standard InChI is InChI=1S/C13H16N4O2/c1-2-3-13-15-6-7-16(13)9-10-8-11(17(18)19)4-5-12(10)14/h4-8H,2-3,9,14H2,1H3. The number of rotatable bonds is 5. The Morgan fingerprint density at radius 3 is 2.95 bits per heavy atom. The number of hydrogen-bond donors (Lipinski definition) is 1. The van der Waals surface area contributed by atoms with E-state index in [9.17, 15) is 10.1 Å². The van der Waals surface area contributed by atoms with Gasteiger partial charge in [0.1, 0.15) is 5.82 Å². The zero-order chi connectivity index (χ0) is 13.8. The number of nitrogens with zero attached hydrogens (tertiary/aromatic N) is 3. The summed E-state index contributed by atoms with van der Waals surface area (Å²) in [7, 11) is 0. The van der Waals surface area contributed by atoms with Crippen LogP contribution >= 0.6 is 0 Å². The topological polar surface area (TPSA) is 87.0 Å². The summed E-state index contributed by atoms with van der Waals surface area (Å²) in [6, 6.07) is 4.51. The van der Waals surface area contributed by atoms with Crippen LogP contribution in [0.4, 0.5) is 11.4 Å². The second-order valence-corrected chi connectivity index (χ2v) is 4.36. The smallest absolute Gasteiger partial charge is 0.269 e. The zero-order valence-electron chi connectivity index (χ0n) is 10.7. The predicted octanol–water partition coefficient (Wildman–Crippen LogP) is 2.37. The first-order valence-corrected chi connectivity index (χ1v) is 6.14. The Balaban J connectivity index is 2.29.